The summed E-state index contributed by atoms with van der Waals surface area (Å²) < 4.78 is 33.9. The maximum Gasteiger partial charge on any atom is 0.322 e. The third-order valence-corrected chi connectivity index (χ3v) is 5.29. The van der Waals surface area contributed by atoms with Crippen LogP contribution < -0.4 is 14.2 Å². The first-order valence-corrected chi connectivity index (χ1v) is 11.6. The van der Waals surface area contributed by atoms with Crippen LogP contribution in [0, 0.1) is 5.92 Å². The lowest BCUT2D eigenvalue weighted by atomic mass is 10.1. The molecule has 7 nitrogen and oxygen atoms in total. The molecule has 0 unspecified atom stereocenters. The van der Waals surface area contributed by atoms with Gasteiger partial charge in [-0.15, -0.1) is 0 Å². The number of nitrogens with one attached hydrogen (secondary N) is 1. The minimum atomic E-state index is -3.60. The third kappa shape index (κ3) is 7.59. The van der Waals surface area contributed by atoms with Crippen molar-refractivity contribution >= 4 is 21.8 Å². The Labute approximate surface area is 179 Å². The lowest BCUT2D eigenvalue weighted by Gasteiger charge is -2.25. The van der Waals surface area contributed by atoms with Gasteiger partial charge in [0.1, 0.15) is 11.5 Å². The number of anilines is 1. The van der Waals surface area contributed by atoms with Crippen molar-refractivity contribution in [1.82, 2.24) is 4.90 Å². The number of hydrogen-bond donors (Lipinski definition) is 1. The largest absolute Gasteiger partial charge is 0.494 e. The Morgan fingerprint density at radius 1 is 1.07 bits per heavy atom. The third-order valence-electron chi connectivity index (χ3n) is 4.14. The summed E-state index contributed by atoms with van der Waals surface area (Å²) in [5.41, 5.74) is 1.45. The van der Waals surface area contributed by atoms with Crippen LogP contribution in [0.3, 0.4) is 0 Å². The summed E-state index contributed by atoms with van der Waals surface area (Å²) in [5, 5.41) is 2.90. The van der Waals surface area contributed by atoms with Crippen molar-refractivity contribution in [2.45, 2.75) is 34.2 Å². The second kappa shape index (κ2) is 10.9. The summed E-state index contributed by atoms with van der Waals surface area (Å²) in [4.78, 5) is 14.6. The van der Waals surface area contributed by atoms with E-state index in [2.05, 4.69) is 5.32 Å². The van der Waals surface area contributed by atoms with Crippen molar-refractivity contribution in [3.63, 3.8) is 0 Å². The fourth-order valence-corrected chi connectivity index (χ4v) is 3.30. The molecule has 0 fully saturated rings. The number of hydrogen-bond acceptors (Lipinski definition) is 5. The molecule has 2 rings (SSSR count). The van der Waals surface area contributed by atoms with Crippen LogP contribution in [0.25, 0.3) is 0 Å². The maximum atomic E-state index is 12.9. The topological polar surface area (TPSA) is 84.9 Å². The highest BCUT2D eigenvalue weighted by Gasteiger charge is 2.17. The molecule has 1 N–H and O–H groups in total. The zero-order chi connectivity index (χ0) is 22.1. The molecule has 2 aromatic carbocycles. The zero-order valence-electron chi connectivity index (χ0n) is 17.9. The van der Waals surface area contributed by atoms with E-state index in [-0.39, 0.29) is 23.5 Å². The van der Waals surface area contributed by atoms with Crippen LogP contribution in [-0.2, 0) is 16.7 Å². The average molecular weight is 435 g/mol. The van der Waals surface area contributed by atoms with Gasteiger partial charge in [0.15, 0.2) is 0 Å². The normalized spacial score (nSPS) is 11.2. The Kier molecular flexibility index (Phi) is 8.53. The molecule has 0 aliphatic heterocycles. The van der Waals surface area contributed by atoms with Crippen LogP contribution in [0.1, 0.15) is 33.3 Å². The number of benzene rings is 2. The first kappa shape index (κ1) is 23.5. The minimum Gasteiger partial charge on any atom is -0.494 e. The lowest BCUT2D eigenvalue weighted by Crippen LogP contribution is -2.37. The van der Waals surface area contributed by atoms with E-state index in [0.717, 1.165) is 11.3 Å². The summed E-state index contributed by atoms with van der Waals surface area (Å²) in [5.74, 6) is 1.14. The molecule has 0 aliphatic carbocycles. The lowest BCUT2D eigenvalue weighted by molar-refractivity contribution is 0.201. The van der Waals surface area contributed by atoms with Crippen molar-refractivity contribution in [2.75, 3.05) is 24.2 Å². The van der Waals surface area contributed by atoms with Gasteiger partial charge in [0, 0.05) is 18.8 Å². The van der Waals surface area contributed by atoms with E-state index in [1.54, 1.807) is 47.4 Å². The molecule has 0 radical (unpaired) electrons. The quantitative estimate of drug-likeness (QED) is 0.557. The predicted octanol–water partition coefficient (Wildman–Crippen LogP) is 4.50. The molecule has 0 saturated carbocycles. The van der Waals surface area contributed by atoms with E-state index in [1.807, 2.05) is 26.8 Å². The van der Waals surface area contributed by atoms with E-state index < -0.39 is 10.1 Å². The monoisotopic (exact) mass is 434 g/mol. The standard InChI is InChI=1S/C22H30N2O5S/c1-5-28-20-12-10-19(11-13-20)23-22(25)24(15-17(3)4)16-18-8-7-9-21(14-18)29-30(26,27)6-2/h7-14,17H,5-6,15-16H2,1-4H3,(H,23,25). The highest BCUT2D eigenvalue weighted by atomic mass is 32.2. The van der Waals surface area contributed by atoms with Gasteiger partial charge < -0.3 is 19.1 Å². The molecule has 2 amide bonds. The molecule has 0 heterocycles. The predicted molar refractivity (Wildman–Crippen MR) is 118 cm³/mol. The van der Waals surface area contributed by atoms with Gasteiger partial charge in [-0.05, 0) is 61.7 Å². The van der Waals surface area contributed by atoms with E-state index >= 15 is 0 Å². The summed E-state index contributed by atoms with van der Waals surface area (Å²) in [6.07, 6.45) is 0. The minimum absolute atomic E-state index is 0.110. The molecule has 0 atom stereocenters. The molecule has 8 heteroatoms. The first-order valence-electron chi connectivity index (χ1n) is 10.0. The molecule has 0 bridgehead atoms. The first-order chi connectivity index (χ1) is 14.2. The second-order valence-electron chi connectivity index (χ2n) is 7.24. The van der Waals surface area contributed by atoms with Gasteiger partial charge in [-0.2, -0.15) is 8.42 Å². The van der Waals surface area contributed by atoms with Gasteiger partial charge in [0.25, 0.3) is 0 Å². The molecule has 164 valence electrons. The second-order valence-corrected chi connectivity index (χ2v) is 9.10. The summed E-state index contributed by atoms with van der Waals surface area (Å²) in [6, 6.07) is 13.7. The number of carbonyl (C=O) groups is 1. The van der Waals surface area contributed by atoms with E-state index in [0.29, 0.717) is 25.4 Å². The van der Waals surface area contributed by atoms with Crippen LogP contribution in [-0.4, -0.2) is 38.3 Å². The molecular formula is C22H30N2O5S. The van der Waals surface area contributed by atoms with Gasteiger partial charge in [-0.1, -0.05) is 26.0 Å². The summed E-state index contributed by atoms with van der Waals surface area (Å²) >= 11 is 0. The van der Waals surface area contributed by atoms with Crippen LogP contribution in [0.5, 0.6) is 11.5 Å². The molecule has 0 saturated heterocycles. The van der Waals surface area contributed by atoms with E-state index in [4.69, 9.17) is 8.92 Å². The Morgan fingerprint density at radius 2 is 1.77 bits per heavy atom. The summed E-state index contributed by atoms with van der Waals surface area (Å²) in [7, 11) is -3.60. The summed E-state index contributed by atoms with van der Waals surface area (Å²) in [6.45, 7) is 8.95. The van der Waals surface area contributed by atoms with Crippen molar-refractivity contribution < 1.29 is 22.1 Å². The van der Waals surface area contributed by atoms with Crippen LogP contribution in [0.15, 0.2) is 48.5 Å². The highest BCUT2D eigenvalue weighted by molar-refractivity contribution is 7.87. The molecule has 0 aromatic heterocycles. The van der Waals surface area contributed by atoms with Gasteiger partial charge in [-0.25, -0.2) is 4.79 Å². The highest BCUT2D eigenvalue weighted by Crippen LogP contribution is 2.19. The average Bonchev–Trinajstić information content (AvgIpc) is 2.69. The van der Waals surface area contributed by atoms with Crippen LogP contribution in [0.4, 0.5) is 10.5 Å². The number of ether oxygens (including phenoxy) is 1. The number of nitrogens with zero attached hydrogens (tertiary/aromatic N) is 1. The molecule has 0 aliphatic rings. The van der Waals surface area contributed by atoms with Crippen LogP contribution >= 0.6 is 0 Å². The Morgan fingerprint density at radius 3 is 2.37 bits per heavy atom. The fraction of sp³-hybridized carbons (Fsp3) is 0.409. The zero-order valence-corrected chi connectivity index (χ0v) is 18.7. The van der Waals surface area contributed by atoms with Crippen molar-refractivity contribution in [3.05, 3.63) is 54.1 Å². The van der Waals surface area contributed by atoms with Crippen LogP contribution in [0.2, 0.25) is 0 Å². The van der Waals surface area contributed by atoms with Gasteiger partial charge in [0.05, 0.1) is 12.4 Å². The molecule has 2 aromatic rings. The van der Waals surface area contributed by atoms with Gasteiger partial charge in [-0.3, -0.25) is 0 Å². The molecule has 0 spiro atoms. The number of rotatable bonds is 10. The van der Waals surface area contributed by atoms with Crippen molar-refractivity contribution in [3.8, 4) is 11.5 Å². The Balaban J connectivity index is 2.12. The number of amides is 2. The van der Waals surface area contributed by atoms with Crippen molar-refractivity contribution in [2.24, 2.45) is 5.92 Å². The number of urea groups is 1. The van der Waals surface area contributed by atoms with Gasteiger partial charge >= 0.3 is 16.1 Å². The SMILES string of the molecule is CCOc1ccc(NC(=O)N(Cc2cccc(OS(=O)(=O)CC)c2)CC(C)C)cc1. The van der Waals surface area contributed by atoms with E-state index in [9.17, 15) is 13.2 Å². The Bertz CT molecular complexity index is 927. The van der Waals surface area contributed by atoms with E-state index in [1.165, 1.54) is 6.92 Å². The smallest absolute Gasteiger partial charge is 0.322 e. The molecular weight excluding hydrogens is 404 g/mol. The van der Waals surface area contributed by atoms with Gasteiger partial charge in [0.2, 0.25) is 0 Å². The molecule has 30 heavy (non-hydrogen) atoms. The maximum absolute atomic E-state index is 12.9. The Hall–Kier alpha value is -2.74. The fourth-order valence-electron chi connectivity index (χ4n) is 2.79. The number of carbonyl (C=O) groups excluding carboxylic acids is 1. The van der Waals surface area contributed by atoms with Crippen molar-refractivity contribution in [1.29, 1.82) is 0 Å².